The molecule has 40 heavy (non-hydrogen) atoms. The highest BCUT2D eigenvalue weighted by Gasteiger charge is 2.39. The average molecular weight is 596 g/mol. The Balaban J connectivity index is 1.20. The smallest absolute Gasteiger partial charge is 0.247 e. The van der Waals surface area contributed by atoms with Crippen LogP contribution in [0.25, 0.3) is 10.8 Å². The fraction of sp³-hybridized carbons (Fsp3) is 0.231. The van der Waals surface area contributed by atoms with Crippen LogP contribution in [0.3, 0.4) is 0 Å². The van der Waals surface area contributed by atoms with Crippen molar-refractivity contribution in [2.24, 2.45) is 0 Å². The first-order chi connectivity index (χ1) is 19.1. The van der Waals surface area contributed by atoms with Gasteiger partial charge in [0.1, 0.15) is 12.1 Å². The zero-order valence-corrected chi connectivity index (χ0v) is 22.0. The molecule has 1 fully saturated rings. The highest BCUT2D eigenvalue weighted by molar-refractivity contribution is 7.89. The molecule has 0 spiro atoms. The predicted molar refractivity (Wildman–Crippen MR) is 138 cm³/mol. The molecule has 0 bridgehead atoms. The molecule has 14 heteroatoms. The highest BCUT2D eigenvalue weighted by Crippen LogP contribution is 2.37. The molecule has 2 aliphatic rings. The summed E-state index contributed by atoms with van der Waals surface area (Å²) in [5, 5.41) is 2.59. The summed E-state index contributed by atoms with van der Waals surface area (Å²) < 4.78 is 95.7. The lowest BCUT2D eigenvalue weighted by Crippen LogP contribution is -2.60. The van der Waals surface area contributed by atoms with Gasteiger partial charge in [-0.05, 0) is 23.9 Å². The van der Waals surface area contributed by atoms with E-state index in [0.29, 0.717) is 30.4 Å². The number of nitrogens with one attached hydrogen (secondary N) is 1. The van der Waals surface area contributed by atoms with Crippen molar-refractivity contribution in [2.45, 2.75) is 23.9 Å². The molecule has 3 heterocycles. The number of halogens is 6. The van der Waals surface area contributed by atoms with Gasteiger partial charge in [-0.15, -0.1) is 0 Å². The molecule has 0 amide bonds. The van der Waals surface area contributed by atoms with E-state index in [1.54, 1.807) is 4.90 Å². The van der Waals surface area contributed by atoms with Crippen LogP contribution in [0.2, 0.25) is 5.02 Å². The molecule has 0 saturated carbocycles. The van der Waals surface area contributed by atoms with Crippen molar-refractivity contribution in [3.63, 3.8) is 0 Å². The fourth-order valence-electron chi connectivity index (χ4n) is 5.18. The minimum absolute atomic E-state index is 0.0702. The van der Waals surface area contributed by atoms with Gasteiger partial charge in [0, 0.05) is 36.3 Å². The van der Waals surface area contributed by atoms with Crippen molar-refractivity contribution in [1.29, 1.82) is 0 Å². The minimum Gasteiger partial charge on any atom is -0.365 e. The van der Waals surface area contributed by atoms with E-state index in [1.165, 1.54) is 6.33 Å². The summed E-state index contributed by atoms with van der Waals surface area (Å²) in [6.45, 7) is 1.27. The first-order valence-electron chi connectivity index (χ1n) is 12.1. The molecular weight excluding hydrogens is 577 g/mol. The van der Waals surface area contributed by atoms with Gasteiger partial charge in [0.05, 0.1) is 23.3 Å². The number of fused-ring (bicyclic) bond motifs is 2. The predicted octanol–water partition coefficient (Wildman–Crippen LogP) is 4.71. The fourth-order valence-corrected chi connectivity index (χ4v) is 6.82. The highest BCUT2D eigenvalue weighted by atomic mass is 35.5. The van der Waals surface area contributed by atoms with Crippen molar-refractivity contribution >= 4 is 43.9 Å². The molecule has 0 unspecified atom stereocenters. The van der Waals surface area contributed by atoms with E-state index in [0.717, 1.165) is 27.7 Å². The summed E-state index contributed by atoms with van der Waals surface area (Å²) in [5.41, 5.74) is 2.64. The molecule has 0 radical (unpaired) electrons. The van der Waals surface area contributed by atoms with Crippen LogP contribution in [0.1, 0.15) is 11.3 Å². The van der Waals surface area contributed by atoms with E-state index in [9.17, 15) is 30.4 Å². The van der Waals surface area contributed by atoms with Crippen molar-refractivity contribution in [1.82, 2.24) is 14.7 Å². The lowest BCUT2D eigenvalue weighted by molar-refractivity contribution is 0.356. The van der Waals surface area contributed by atoms with Crippen LogP contribution in [0.4, 0.5) is 33.5 Å². The van der Waals surface area contributed by atoms with Gasteiger partial charge in [-0.25, -0.2) is 45.1 Å². The standard InChI is InChI=1S/C26H19ClF5N5O2S/c27-16-5-1-3-13-4-2-6-18(19(13)16)36-8-7-15-17(11-36)33-12-34-26(15)37-9-14(10-37)35-40(38,39)25-23(31)21(29)20(28)22(30)24(25)32/h1-6,12,14,35H,7-11H2. The Morgan fingerprint density at radius 1 is 0.875 bits per heavy atom. The first kappa shape index (κ1) is 26.7. The third kappa shape index (κ3) is 4.32. The van der Waals surface area contributed by atoms with Gasteiger partial charge < -0.3 is 9.80 Å². The third-order valence-electron chi connectivity index (χ3n) is 7.10. The molecule has 1 N–H and O–H groups in total. The summed E-state index contributed by atoms with van der Waals surface area (Å²) in [7, 11) is -5.05. The topological polar surface area (TPSA) is 78.4 Å². The number of nitrogens with zero attached hydrogens (tertiary/aromatic N) is 4. The van der Waals surface area contributed by atoms with Gasteiger partial charge in [0.15, 0.2) is 28.2 Å². The second-order valence-electron chi connectivity index (χ2n) is 9.53. The van der Waals surface area contributed by atoms with E-state index < -0.39 is 50.0 Å². The van der Waals surface area contributed by atoms with Gasteiger partial charge >= 0.3 is 0 Å². The van der Waals surface area contributed by atoms with Gasteiger partial charge in [-0.3, -0.25) is 0 Å². The summed E-state index contributed by atoms with van der Waals surface area (Å²) in [6, 6.07) is 10.8. The van der Waals surface area contributed by atoms with E-state index in [-0.39, 0.29) is 13.1 Å². The second kappa shape index (κ2) is 9.82. The van der Waals surface area contributed by atoms with E-state index in [4.69, 9.17) is 11.6 Å². The zero-order valence-electron chi connectivity index (χ0n) is 20.4. The molecule has 1 saturated heterocycles. The number of hydrogen-bond acceptors (Lipinski definition) is 6. The Morgan fingerprint density at radius 2 is 1.52 bits per heavy atom. The normalized spacial score (nSPS) is 15.8. The maximum absolute atomic E-state index is 14.1. The number of rotatable bonds is 5. The molecular formula is C26H19ClF5N5O2S. The Bertz CT molecular complexity index is 1750. The van der Waals surface area contributed by atoms with Crippen LogP contribution < -0.4 is 14.5 Å². The number of hydrogen-bond donors (Lipinski definition) is 1. The van der Waals surface area contributed by atoms with Gasteiger partial charge in [0.2, 0.25) is 15.8 Å². The monoisotopic (exact) mass is 595 g/mol. The van der Waals surface area contributed by atoms with Gasteiger partial charge in [-0.2, -0.15) is 0 Å². The zero-order chi connectivity index (χ0) is 28.3. The van der Waals surface area contributed by atoms with Crippen molar-refractivity contribution in [3.8, 4) is 0 Å². The maximum atomic E-state index is 14.1. The van der Waals surface area contributed by atoms with Crippen LogP contribution in [-0.4, -0.2) is 44.1 Å². The molecule has 1 aromatic heterocycles. The summed E-state index contributed by atoms with van der Waals surface area (Å²) >= 11 is 6.51. The molecule has 6 rings (SSSR count). The van der Waals surface area contributed by atoms with Crippen LogP contribution in [0, 0.1) is 29.1 Å². The Hall–Kier alpha value is -3.55. The van der Waals surface area contributed by atoms with E-state index in [2.05, 4.69) is 14.9 Å². The quantitative estimate of drug-likeness (QED) is 0.205. The molecule has 3 aromatic carbocycles. The van der Waals surface area contributed by atoms with Crippen molar-refractivity contribution in [3.05, 3.63) is 88.1 Å². The van der Waals surface area contributed by atoms with Gasteiger partial charge in [-0.1, -0.05) is 35.9 Å². The summed E-state index contributed by atoms with van der Waals surface area (Å²) in [6.07, 6.45) is 1.99. The van der Waals surface area contributed by atoms with Crippen molar-refractivity contribution < 1.29 is 30.4 Å². The van der Waals surface area contributed by atoms with E-state index in [1.807, 2.05) is 41.1 Å². The SMILES string of the molecule is O=S(=O)(NC1CN(c2ncnc3c2CCN(c2cccc4cccc(Cl)c24)C3)C1)c1c(F)c(F)c(F)c(F)c1F. The molecule has 4 aromatic rings. The summed E-state index contributed by atoms with van der Waals surface area (Å²) in [4.78, 5) is 10.8. The lowest BCUT2D eigenvalue weighted by Gasteiger charge is -2.42. The molecule has 0 aliphatic carbocycles. The lowest BCUT2D eigenvalue weighted by atomic mass is 10.0. The Kier molecular flexibility index (Phi) is 6.55. The van der Waals surface area contributed by atoms with Crippen LogP contribution in [0.15, 0.2) is 47.6 Å². The molecule has 2 aliphatic heterocycles. The van der Waals surface area contributed by atoms with Crippen molar-refractivity contribution in [2.75, 3.05) is 29.4 Å². The number of anilines is 2. The molecule has 208 valence electrons. The van der Waals surface area contributed by atoms with Gasteiger partial charge in [0.25, 0.3) is 0 Å². The van der Waals surface area contributed by atoms with Crippen LogP contribution in [0.5, 0.6) is 0 Å². The third-order valence-corrected chi connectivity index (χ3v) is 8.95. The second-order valence-corrected chi connectivity index (χ2v) is 11.6. The minimum atomic E-state index is -5.05. The average Bonchev–Trinajstić information content (AvgIpc) is 2.92. The first-order valence-corrected chi connectivity index (χ1v) is 14.0. The maximum Gasteiger partial charge on any atom is 0.247 e. The summed E-state index contributed by atoms with van der Waals surface area (Å²) in [5.74, 6) is -11.3. The number of benzene rings is 3. The Morgan fingerprint density at radius 3 is 2.23 bits per heavy atom. The largest absolute Gasteiger partial charge is 0.365 e. The van der Waals surface area contributed by atoms with Crippen LogP contribution >= 0.6 is 11.6 Å². The molecule has 7 nitrogen and oxygen atoms in total. The molecule has 0 atom stereocenters. The number of aromatic nitrogens is 2. The Labute approximate surface area is 230 Å². The number of sulfonamides is 1. The van der Waals surface area contributed by atoms with E-state index >= 15 is 0 Å². The van der Waals surface area contributed by atoms with Crippen LogP contribution in [-0.2, 0) is 23.0 Å².